The van der Waals surface area contributed by atoms with Crippen molar-refractivity contribution in [2.24, 2.45) is 0 Å². The lowest BCUT2D eigenvalue weighted by Crippen LogP contribution is -2.43. The molecule has 0 aromatic heterocycles. The number of esters is 1. The van der Waals surface area contributed by atoms with Crippen molar-refractivity contribution >= 4 is 40.4 Å². The van der Waals surface area contributed by atoms with E-state index >= 15 is 0 Å². The summed E-state index contributed by atoms with van der Waals surface area (Å²) in [5.41, 5.74) is 1.14. The maximum atomic E-state index is 13.8. The normalized spacial score (nSPS) is 24.8. The van der Waals surface area contributed by atoms with Crippen molar-refractivity contribution in [1.29, 1.82) is 0 Å². The van der Waals surface area contributed by atoms with E-state index in [9.17, 15) is 23.9 Å². The van der Waals surface area contributed by atoms with Crippen molar-refractivity contribution in [3.05, 3.63) is 55.7 Å². The van der Waals surface area contributed by atoms with Gasteiger partial charge in [-0.15, -0.1) is 0 Å². The second kappa shape index (κ2) is 6.41. The van der Waals surface area contributed by atoms with E-state index in [1.807, 2.05) is 22.6 Å². The van der Waals surface area contributed by atoms with E-state index in [-0.39, 0.29) is 35.8 Å². The molecule has 0 fully saturated rings. The second-order valence-electron chi connectivity index (χ2n) is 6.35. The lowest BCUT2D eigenvalue weighted by molar-refractivity contribution is -0.139. The Kier molecular flexibility index (Phi) is 4.30. The number of hydrogen-bond acceptors (Lipinski definition) is 5. The first-order chi connectivity index (χ1) is 12.8. The van der Waals surface area contributed by atoms with Crippen LogP contribution in [0.4, 0.5) is 9.18 Å². The number of benzene rings is 1. The molecule has 0 radical (unpaired) electrons. The van der Waals surface area contributed by atoms with Gasteiger partial charge in [-0.2, -0.15) is 0 Å². The molecule has 1 aromatic carbocycles. The summed E-state index contributed by atoms with van der Waals surface area (Å²) in [6.45, 7) is 1.27. The average molecular weight is 485 g/mol. The van der Waals surface area contributed by atoms with E-state index < -0.39 is 35.7 Å². The van der Waals surface area contributed by atoms with Crippen molar-refractivity contribution in [2.75, 3.05) is 13.2 Å². The van der Waals surface area contributed by atoms with Gasteiger partial charge in [0.05, 0.1) is 23.6 Å². The second-order valence-corrected chi connectivity index (χ2v) is 7.51. The van der Waals surface area contributed by atoms with E-state index in [0.29, 0.717) is 9.13 Å². The molecule has 4 rings (SSSR count). The summed E-state index contributed by atoms with van der Waals surface area (Å²) in [6, 6.07) is 4.30. The molecular formula is C18H13FINO6. The maximum absolute atomic E-state index is 13.8. The van der Waals surface area contributed by atoms with Crippen LogP contribution in [0.15, 0.2) is 40.7 Å². The number of cyclic esters (lactones) is 1. The first kappa shape index (κ1) is 18.1. The first-order valence-electron chi connectivity index (χ1n) is 8.08. The Balaban J connectivity index is 2.01. The molecule has 9 heteroatoms. The Labute approximate surface area is 166 Å². The van der Waals surface area contributed by atoms with E-state index in [2.05, 4.69) is 0 Å². The predicted octanol–water partition coefficient (Wildman–Crippen LogP) is 2.56. The van der Waals surface area contributed by atoms with Crippen molar-refractivity contribution in [3.63, 3.8) is 0 Å². The topological polar surface area (TPSA) is 93.1 Å². The summed E-state index contributed by atoms with van der Waals surface area (Å²) in [4.78, 5) is 38.1. The molecule has 2 atom stereocenters. The third-order valence-corrected chi connectivity index (χ3v) is 5.63. The van der Waals surface area contributed by atoms with Crippen LogP contribution in [0.25, 0.3) is 0 Å². The van der Waals surface area contributed by atoms with Crippen LogP contribution >= 0.6 is 22.6 Å². The van der Waals surface area contributed by atoms with Crippen molar-refractivity contribution in [3.8, 4) is 0 Å². The maximum Gasteiger partial charge on any atom is 0.416 e. The molecule has 3 heterocycles. The average Bonchev–Trinajstić information content (AvgIpc) is 2.90. The van der Waals surface area contributed by atoms with Crippen molar-refractivity contribution in [1.82, 2.24) is 4.90 Å². The van der Waals surface area contributed by atoms with Crippen LogP contribution in [0.1, 0.15) is 18.4 Å². The molecule has 0 unspecified atom stereocenters. The number of ketones is 1. The molecular weight excluding hydrogens is 472 g/mol. The number of ether oxygens (including phenoxy) is 2. The number of rotatable bonds is 1. The molecule has 27 heavy (non-hydrogen) atoms. The number of carbonyl (C=O) groups is 3. The Morgan fingerprint density at radius 3 is 2.70 bits per heavy atom. The van der Waals surface area contributed by atoms with Gasteiger partial charge in [0.25, 0.3) is 0 Å². The fourth-order valence-corrected chi connectivity index (χ4v) is 4.31. The molecule has 1 amide bonds. The van der Waals surface area contributed by atoms with Gasteiger partial charge in [-0.3, -0.25) is 4.79 Å². The van der Waals surface area contributed by atoms with E-state index in [4.69, 9.17) is 9.47 Å². The van der Waals surface area contributed by atoms with Gasteiger partial charge < -0.3 is 14.6 Å². The molecule has 1 aromatic rings. The van der Waals surface area contributed by atoms with Crippen LogP contribution in [0.3, 0.4) is 0 Å². The number of halogens is 2. The first-order valence-corrected chi connectivity index (χ1v) is 9.16. The summed E-state index contributed by atoms with van der Waals surface area (Å²) in [5, 5.41) is 9.72. The van der Waals surface area contributed by atoms with Gasteiger partial charge in [0.2, 0.25) is 0 Å². The van der Waals surface area contributed by atoms with Gasteiger partial charge in [0.1, 0.15) is 18.5 Å². The molecule has 0 spiro atoms. The zero-order chi connectivity index (χ0) is 19.5. The van der Waals surface area contributed by atoms with Crippen molar-refractivity contribution < 1.29 is 33.4 Å². The molecule has 0 saturated carbocycles. The number of carboxylic acid groups (broad SMARTS) is 1. The number of carbonyl (C=O) groups excluding carboxylic acids is 2. The van der Waals surface area contributed by atoms with Gasteiger partial charge in [0, 0.05) is 15.1 Å². The number of nitrogens with zero attached hydrogens (tertiary/aromatic N) is 1. The monoisotopic (exact) mass is 485 g/mol. The summed E-state index contributed by atoms with van der Waals surface area (Å²) < 4.78 is 24.6. The van der Waals surface area contributed by atoms with Crippen LogP contribution in [-0.4, -0.2) is 47.2 Å². The zero-order valence-corrected chi connectivity index (χ0v) is 16.2. The van der Waals surface area contributed by atoms with Gasteiger partial charge >= 0.3 is 12.1 Å². The summed E-state index contributed by atoms with van der Waals surface area (Å²) in [5.74, 6) is -2.34. The molecule has 0 aliphatic carbocycles. The van der Waals surface area contributed by atoms with Crippen LogP contribution < -0.4 is 0 Å². The van der Waals surface area contributed by atoms with E-state index in [1.54, 1.807) is 13.0 Å². The van der Waals surface area contributed by atoms with E-state index in [1.165, 1.54) is 12.1 Å². The van der Waals surface area contributed by atoms with Crippen LogP contribution in [0.2, 0.25) is 0 Å². The van der Waals surface area contributed by atoms with Crippen LogP contribution in [-0.2, 0) is 19.1 Å². The summed E-state index contributed by atoms with van der Waals surface area (Å²) >= 11 is 1.83. The van der Waals surface area contributed by atoms with Crippen LogP contribution in [0.5, 0.6) is 0 Å². The Morgan fingerprint density at radius 1 is 1.30 bits per heavy atom. The zero-order valence-electron chi connectivity index (χ0n) is 14.0. The molecule has 0 bridgehead atoms. The van der Waals surface area contributed by atoms with E-state index in [0.717, 1.165) is 4.90 Å². The summed E-state index contributed by atoms with van der Waals surface area (Å²) in [6.07, 6.45) is -2.12. The Bertz CT molecular complexity index is 967. The van der Waals surface area contributed by atoms with Gasteiger partial charge in [-0.1, -0.05) is 6.07 Å². The van der Waals surface area contributed by atoms with Crippen LogP contribution in [0, 0.1) is 9.39 Å². The molecule has 7 nitrogen and oxygen atoms in total. The smallest absolute Gasteiger partial charge is 0.416 e. The number of hydrogen-bond donors (Lipinski definition) is 1. The highest BCUT2D eigenvalue weighted by Gasteiger charge is 2.50. The molecule has 3 aliphatic heterocycles. The van der Waals surface area contributed by atoms with Gasteiger partial charge in [-0.25, -0.2) is 18.9 Å². The van der Waals surface area contributed by atoms with Gasteiger partial charge in [0.15, 0.2) is 5.78 Å². The molecule has 1 N–H and O–H groups in total. The third-order valence-electron chi connectivity index (χ3n) is 4.80. The highest BCUT2D eigenvalue weighted by molar-refractivity contribution is 14.1. The largest absolute Gasteiger partial charge is 0.464 e. The minimum atomic E-state index is -1.33. The SMILES string of the molecule is C[C@H]1OC(=O)C2=C1N(C(=O)O)C1=C(C(=O)COC1)[C@@H]2c1ccc(F)c(I)c1. The van der Waals surface area contributed by atoms with Gasteiger partial charge in [-0.05, 0) is 47.2 Å². The molecule has 3 aliphatic rings. The lowest BCUT2D eigenvalue weighted by atomic mass is 9.77. The highest BCUT2D eigenvalue weighted by atomic mass is 127. The van der Waals surface area contributed by atoms with Crippen molar-refractivity contribution in [2.45, 2.75) is 18.9 Å². The third kappa shape index (κ3) is 2.67. The lowest BCUT2D eigenvalue weighted by Gasteiger charge is -2.37. The minimum absolute atomic E-state index is 0.0835. The highest BCUT2D eigenvalue weighted by Crippen LogP contribution is 2.48. The predicted molar refractivity (Wildman–Crippen MR) is 97.2 cm³/mol. The quantitative estimate of drug-likeness (QED) is 0.486. The number of amides is 1. The Morgan fingerprint density at radius 2 is 2.04 bits per heavy atom. The molecule has 140 valence electrons. The number of Topliss-reactive ketones (excluding diaryl/α,β-unsaturated/α-hetero) is 1. The standard InChI is InChI=1S/C18H13FINO6/c1-7-16-15(17(23)27-7)13(8-2-3-9(19)10(20)4-8)14-11(21(16)18(24)25)5-26-6-12(14)22/h2-4,7,13H,5-6H2,1H3,(H,24,25)/t7-,13+/m1/s1. The minimum Gasteiger partial charge on any atom is -0.464 e. The fraction of sp³-hybridized carbons (Fsp3) is 0.278. The summed E-state index contributed by atoms with van der Waals surface area (Å²) in [7, 11) is 0. The molecule has 0 saturated heterocycles. The fourth-order valence-electron chi connectivity index (χ4n) is 3.77. The Hall–Kier alpha value is -2.27.